The third kappa shape index (κ3) is 6.78. The van der Waals surface area contributed by atoms with Gasteiger partial charge in [-0.25, -0.2) is 4.98 Å². The summed E-state index contributed by atoms with van der Waals surface area (Å²) in [5, 5.41) is 12.5. The first-order valence-electron chi connectivity index (χ1n) is 7.27. The van der Waals surface area contributed by atoms with Crippen molar-refractivity contribution in [2.45, 2.75) is 26.2 Å². The average molecular weight is 314 g/mol. The molecule has 0 spiro atoms. The fraction of sp³-hybridized carbons (Fsp3) is 0.600. The van der Waals surface area contributed by atoms with Gasteiger partial charge in [0.2, 0.25) is 5.91 Å². The number of hydrogen-bond donors (Lipinski definition) is 2. The molecule has 0 fully saturated rings. The molecular weight excluding hydrogens is 290 g/mol. The van der Waals surface area contributed by atoms with Crippen LogP contribution in [0.1, 0.15) is 26.2 Å². The molecule has 0 aromatic carbocycles. The number of likely N-dealkylation sites (N-methyl/N-ethyl adjacent to an activating group) is 1. The first-order valence-corrected chi connectivity index (χ1v) is 7.64. The molecule has 1 amide bonds. The minimum Gasteiger partial charge on any atom is -0.396 e. The summed E-state index contributed by atoms with van der Waals surface area (Å²) in [6, 6.07) is 3.53. The van der Waals surface area contributed by atoms with Gasteiger partial charge < -0.3 is 15.3 Å². The van der Waals surface area contributed by atoms with Gasteiger partial charge in [0.15, 0.2) is 0 Å². The fourth-order valence-electron chi connectivity index (χ4n) is 2.14. The normalized spacial score (nSPS) is 12.0. The number of rotatable bonds is 9. The lowest BCUT2D eigenvalue weighted by Crippen LogP contribution is -2.38. The summed E-state index contributed by atoms with van der Waals surface area (Å²) >= 11 is 5.79. The van der Waals surface area contributed by atoms with Gasteiger partial charge in [-0.2, -0.15) is 0 Å². The van der Waals surface area contributed by atoms with Gasteiger partial charge in [-0.15, -0.1) is 0 Å². The standard InChI is InChI=1S/C15H24ClN3O2/c1-3-4-12(7-8-20)9-18-15(21)11-19(2)14-6-5-13(16)10-17-14/h5-6,10,12,20H,3-4,7-9,11H2,1-2H3,(H,18,21). The third-order valence-electron chi connectivity index (χ3n) is 3.31. The van der Waals surface area contributed by atoms with Crippen molar-refractivity contribution in [3.8, 4) is 0 Å². The Morgan fingerprint density at radius 1 is 1.48 bits per heavy atom. The number of carbonyl (C=O) groups excluding carboxylic acids is 1. The number of aliphatic hydroxyl groups is 1. The molecule has 0 radical (unpaired) electrons. The van der Waals surface area contributed by atoms with Crippen molar-refractivity contribution in [2.24, 2.45) is 5.92 Å². The van der Waals surface area contributed by atoms with E-state index >= 15 is 0 Å². The Bertz CT molecular complexity index is 419. The number of anilines is 1. The molecule has 2 N–H and O–H groups in total. The van der Waals surface area contributed by atoms with E-state index in [-0.39, 0.29) is 19.1 Å². The first-order chi connectivity index (χ1) is 10.1. The van der Waals surface area contributed by atoms with Crippen LogP contribution in [0.2, 0.25) is 5.02 Å². The van der Waals surface area contributed by atoms with Crippen LogP contribution >= 0.6 is 11.6 Å². The van der Waals surface area contributed by atoms with E-state index in [1.807, 2.05) is 7.05 Å². The molecule has 0 saturated carbocycles. The SMILES string of the molecule is CCCC(CCO)CNC(=O)CN(C)c1ccc(Cl)cn1. The quantitative estimate of drug-likeness (QED) is 0.732. The topological polar surface area (TPSA) is 65.5 Å². The van der Waals surface area contributed by atoms with Crippen molar-refractivity contribution in [1.29, 1.82) is 0 Å². The van der Waals surface area contributed by atoms with Crippen LogP contribution < -0.4 is 10.2 Å². The number of halogens is 1. The number of hydrogen-bond acceptors (Lipinski definition) is 4. The second kappa shape index (κ2) is 9.58. The monoisotopic (exact) mass is 313 g/mol. The van der Waals surface area contributed by atoms with Gasteiger partial charge in [0, 0.05) is 26.4 Å². The Balaban J connectivity index is 2.40. The number of aliphatic hydroxyl groups excluding tert-OH is 1. The maximum Gasteiger partial charge on any atom is 0.239 e. The molecule has 1 aromatic heterocycles. The molecule has 1 aromatic rings. The fourth-order valence-corrected chi connectivity index (χ4v) is 2.26. The van der Waals surface area contributed by atoms with E-state index in [4.69, 9.17) is 16.7 Å². The summed E-state index contributed by atoms with van der Waals surface area (Å²) < 4.78 is 0. The van der Waals surface area contributed by atoms with Crippen LogP contribution in [0.15, 0.2) is 18.3 Å². The predicted octanol–water partition coefficient (Wildman–Crippen LogP) is 2.09. The average Bonchev–Trinajstić information content (AvgIpc) is 2.46. The van der Waals surface area contributed by atoms with E-state index in [2.05, 4.69) is 17.2 Å². The maximum absolute atomic E-state index is 11.9. The van der Waals surface area contributed by atoms with Crippen LogP contribution in [-0.2, 0) is 4.79 Å². The molecule has 0 aliphatic carbocycles. The molecule has 1 atom stereocenters. The van der Waals surface area contributed by atoms with E-state index in [9.17, 15) is 4.79 Å². The summed E-state index contributed by atoms with van der Waals surface area (Å²) in [5.74, 6) is 0.992. The minimum atomic E-state index is -0.0479. The molecule has 0 aliphatic heterocycles. The molecule has 118 valence electrons. The lowest BCUT2D eigenvalue weighted by molar-refractivity contribution is -0.119. The Labute approximate surface area is 131 Å². The van der Waals surface area contributed by atoms with Crippen LogP contribution in [0, 0.1) is 5.92 Å². The lowest BCUT2D eigenvalue weighted by atomic mass is 10.0. The Morgan fingerprint density at radius 3 is 2.81 bits per heavy atom. The molecule has 6 heteroatoms. The molecule has 5 nitrogen and oxygen atoms in total. The van der Waals surface area contributed by atoms with Gasteiger partial charge >= 0.3 is 0 Å². The summed E-state index contributed by atoms with van der Waals surface area (Å²) in [5.41, 5.74) is 0. The highest BCUT2D eigenvalue weighted by Gasteiger charge is 2.11. The zero-order chi connectivity index (χ0) is 15.7. The number of nitrogens with zero attached hydrogens (tertiary/aromatic N) is 2. The van der Waals surface area contributed by atoms with Crippen molar-refractivity contribution < 1.29 is 9.90 Å². The van der Waals surface area contributed by atoms with Crippen molar-refractivity contribution in [3.63, 3.8) is 0 Å². The smallest absolute Gasteiger partial charge is 0.239 e. The minimum absolute atomic E-state index is 0.0479. The van der Waals surface area contributed by atoms with E-state index in [1.165, 1.54) is 0 Å². The van der Waals surface area contributed by atoms with Crippen LogP contribution in [-0.4, -0.2) is 42.7 Å². The van der Waals surface area contributed by atoms with Crippen molar-refractivity contribution in [3.05, 3.63) is 23.4 Å². The number of amides is 1. The van der Waals surface area contributed by atoms with Gasteiger partial charge in [0.1, 0.15) is 5.82 Å². The van der Waals surface area contributed by atoms with Crippen LogP contribution in [0.3, 0.4) is 0 Å². The largest absolute Gasteiger partial charge is 0.396 e. The van der Waals surface area contributed by atoms with Gasteiger partial charge in [0.25, 0.3) is 0 Å². The number of carbonyl (C=O) groups is 1. The summed E-state index contributed by atoms with van der Waals surface area (Å²) in [7, 11) is 1.81. The van der Waals surface area contributed by atoms with Crippen LogP contribution in [0.25, 0.3) is 0 Å². The predicted molar refractivity (Wildman–Crippen MR) is 85.6 cm³/mol. The lowest BCUT2D eigenvalue weighted by Gasteiger charge is -2.19. The summed E-state index contributed by atoms with van der Waals surface area (Å²) in [4.78, 5) is 17.9. The second-order valence-corrected chi connectivity index (χ2v) is 5.60. The third-order valence-corrected chi connectivity index (χ3v) is 3.53. The molecule has 0 bridgehead atoms. The van der Waals surface area contributed by atoms with Gasteiger partial charge in [0.05, 0.1) is 11.6 Å². The van der Waals surface area contributed by atoms with E-state index in [0.29, 0.717) is 23.3 Å². The molecule has 1 rings (SSSR count). The molecule has 21 heavy (non-hydrogen) atoms. The van der Waals surface area contributed by atoms with Gasteiger partial charge in [-0.3, -0.25) is 4.79 Å². The zero-order valence-electron chi connectivity index (χ0n) is 12.7. The molecule has 1 unspecified atom stereocenters. The van der Waals surface area contributed by atoms with E-state index in [1.54, 1.807) is 23.2 Å². The highest BCUT2D eigenvalue weighted by atomic mass is 35.5. The highest BCUT2D eigenvalue weighted by Crippen LogP contribution is 2.13. The van der Waals surface area contributed by atoms with Gasteiger partial charge in [-0.1, -0.05) is 24.9 Å². The molecule has 0 aliphatic rings. The van der Waals surface area contributed by atoms with E-state index < -0.39 is 0 Å². The maximum atomic E-state index is 11.9. The zero-order valence-corrected chi connectivity index (χ0v) is 13.4. The number of aromatic nitrogens is 1. The molecule has 1 heterocycles. The van der Waals surface area contributed by atoms with Gasteiger partial charge in [-0.05, 0) is 30.9 Å². The Kier molecular flexibility index (Phi) is 8.08. The molecule has 0 saturated heterocycles. The number of nitrogens with one attached hydrogen (secondary N) is 1. The van der Waals surface area contributed by atoms with Crippen LogP contribution in [0.5, 0.6) is 0 Å². The number of pyridine rings is 1. The molecular formula is C15H24ClN3O2. The van der Waals surface area contributed by atoms with Crippen molar-refractivity contribution in [1.82, 2.24) is 10.3 Å². The second-order valence-electron chi connectivity index (χ2n) is 5.16. The van der Waals surface area contributed by atoms with Crippen molar-refractivity contribution in [2.75, 3.05) is 31.6 Å². The first kappa shape index (κ1) is 17.7. The Hall–Kier alpha value is -1.33. The van der Waals surface area contributed by atoms with E-state index in [0.717, 1.165) is 19.3 Å². The van der Waals surface area contributed by atoms with Crippen molar-refractivity contribution >= 4 is 23.3 Å². The highest BCUT2D eigenvalue weighted by molar-refractivity contribution is 6.30. The Morgan fingerprint density at radius 2 is 2.24 bits per heavy atom. The van der Waals surface area contributed by atoms with Crippen LogP contribution in [0.4, 0.5) is 5.82 Å². The summed E-state index contributed by atoms with van der Waals surface area (Å²) in [6.45, 7) is 3.11. The summed E-state index contributed by atoms with van der Waals surface area (Å²) in [6.07, 6.45) is 4.34.